The molecular weight excluding hydrogens is 425 g/mol. The number of ether oxygens (including phenoxy) is 1. The Morgan fingerprint density at radius 2 is 1.94 bits per heavy atom. The molecule has 8 heteroatoms. The van der Waals surface area contributed by atoms with Crippen LogP contribution in [0, 0.1) is 5.92 Å². The molecule has 0 atom stereocenters. The summed E-state index contributed by atoms with van der Waals surface area (Å²) in [4.78, 5) is 14.1. The minimum absolute atomic E-state index is 0.240. The van der Waals surface area contributed by atoms with Crippen LogP contribution < -0.4 is 5.32 Å². The monoisotopic (exact) mass is 458 g/mol. The third-order valence-corrected chi connectivity index (χ3v) is 5.82. The number of likely N-dealkylation sites (tertiary alicyclic amines) is 1. The van der Waals surface area contributed by atoms with Crippen LogP contribution in [0.3, 0.4) is 0 Å². The molecule has 174 valence electrons. The van der Waals surface area contributed by atoms with Crippen LogP contribution in [-0.2, 0) is 10.9 Å². The number of carbonyl (C=O) groups is 1. The second kappa shape index (κ2) is 11.3. The number of halogens is 3. The van der Waals surface area contributed by atoms with Crippen molar-refractivity contribution in [2.45, 2.75) is 56.7 Å². The van der Waals surface area contributed by atoms with Crippen LogP contribution in [0.25, 0.3) is 6.08 Å². The highest BCUT2D eigenvalue weighted by molar-refractivity contribution is 7.98. The molecule has 1 fully saturated rings. The third-order valence-electron chi connectivity index (χ3n) is 5.03. The van der Waals surface area contributed by atoms with Crippen LogP contribution >= 0.6 is 11.8 Å². The molecule has 0 bridgehead atoms. The summed E-state index contributed by atoms with van der Waals surface area (Å²) in [7, 11) is 0. The summed E-state index contributed by atoms with van der Waals surface area (Å²) >= 11 is 1.10. The highest BCUT2D eigenvalue weighted by atomic mass is 32.2. The molecule has 4 nitrogen and oxygen atoms in total. The summed E-state index contributed by atoms with van der Waals surface area (Å²) in [6.45, 7) is 8.64. The number of nitrogens with one attached hydrogen (secondary N) is 1. The van der Waals surface area contributed by atoms with Crippen molar-refractivity contribution in [1.82, 2.24) is 10.2 Å². The van der Waals surface area contributed by atoms with Crippen LogP contribution in [0.5, 0.6) is 0 Å². The Morgan fingerprint density at radius 3 is 2.52 bits per heavy atom. The number of thioether (sulfide) groups is 1. The van der Waals surface area contributed by atoms with Gasteiger partial charge in [0.1, 0.15) is 5.60 Å². The minimum atomic E-state index is -4.34. The summed E-state index contributed by atoms with van der Waals surface area (Å²) in [5.74, 6) is 0.510. The van der Waals surface area contributed by atoms with Gasteiger partial charge in [-0.1, -0.05) is 18.2 Å². The van der Waals surface area contributed by atoms with Gasteiger partial charge in [-0.15, -0.1) is 11.8 Å². The Kier molecular flexibility index (Phi) is 9.30. The van der Waals surface area contributed by atoms with E-state index in [1.807, 2.05) is 26.8 Å². The first-order chi connectivity index (χ1) is 14.5. The average molecular weight is 459 g/mol. The van der Waals surface area contributed by atoms with Gasteiger partial charge in [0.05, 0.1) is 5.56 Å². The molecule has 1 aromatic carbocycles. The van der Waals surface area contributed by atoms with E-state index in [0.717, 1.165) is 44.1 Å². The predicted molar refractivity (Wildman–Crippen MR) is 120 cm³/mol. The van der Waals surface area contributed by atoms with Gasteiger partial charge < -0.3 is 15.0 Å². The van der Waals surface area contributed by atoms with Gasteiger partial charge >= 0.3 is 12.3 Å². The highest BCUT2D eigenvalue weighted by Gasteiger charge is 2.33. The van der Waals surface area contributed by atoms with Crippen LogP contribution in [0.1, 0.15) is 51.2 Å². The zero-order valence-corrected chi connectivity index (χ0v) is 19.5. The number of hydrogen-bond acceptors (Lipinski definition) is 4. The number of amides is 1. The van der Waals surface area contributed by atoms with Gasteiger partial charge in [0.25, 0.3) is 0 Å². The lowest BCUT2D eigenvalue weighted by Gasteiger charge is -2.33. The Morgan fingerprint density at radius 1 is 1.26 bits per heavy atom. The zero-order valence-electron chi connectivity index (χ0n) is 18.7. The number of nitrogens with zero attached hydrogens (tertiary/aromatic N) is 1. The number of carbonyl (C=O) groups excluding carboxylic acids is 1. The molecule has 31 heavy (non-hydrogen) atoms. The summed E-state index contributed by atoms with van der Waals surface area (Å²) in [6, 6.07) is 4.44. The van der Waals surface area contributed by atoms with E-state index in [9.17, 15) is 18.0 Å². The predicted octanol–water partition coefficient (Wildman–Crippen LogP) is 6.07. The first-order valence-electron chi connectivity index (χ1n) is 10.6. The molecule has 0 aromatic heterocycles. The summed E-state index contributed by atoms with van der Waals surface area (Å²) in [5, 5.41) is 3.41. The van der Waals surface area contributed by atoms with E-state index >= 15 is 0 Å². The molecule has 1 N–H and O–H groups in total. The first kappa shape index (κ1) is 25.6. The molecule has 1 heterocycles. The quantitative estimate of drug-likeness (QED) is 0.398. The first-order valence-corrected chi connectivity index (χ1v) is 11.8. The molecule has 0 unspecified atom stereocenters. The molecule has 1 aromatic rings. The van der Waals surface area contributed by atoms with E-state index in [1.54, 1.807) is 23.3 Å². The number of hydrogen-bond donors (Lipinski definition) is 1. The minimum Gasteiger partial charge on any atom is -0.444 e. The van der Waals surface area contributed by atoms with Crippen molar-refractivity contribution in [1.29, 1.82) is 0 Å². The van der Waals surface area contributed by atoms with Gasteiger partial charge in [0.2, 0.25) is 0 Å². The average Bonchev–Trinajstić information content (AvgIpc) is 2.69. The molecule has 1 saturated heterocycles. The van der Waals surface area contributed by atoms with Gasteiger partial charge in [0, 0.05) is 18.0 Å². The van der Waals surface area contributed by atoms with Crippen molar-refractivity contribution in [3.8, 4) is 0 Å². The van der Waals surface area contributed by atoms with E-state index in [4.69, 9.17) is 4.74 Å². The topological polar surface area (TPSA) is 41.6 Å². The second-order valence-electron chi connectivity index (χ2n) is 8.76. The van der Waals surface area contributed by atoms with Crippen molar-refractivity contribution < 1.29 is 22.7 Å². The van der Waals surface area contributed by atoms with Gasteiger partial charge in [-0.2, -0.15) is 13.2 Å². The van der Waals surface area contributed by atoms with Crippen molar-refractivity contribution in [2.24, 2.45) is 5.92 Å². The van der Waals surface area contributed by atoms with Crippen LogP contribution in [-0.4, -0.2) is 49.0 Å². The van der Waals surface area contributed by atoms with Gasteiger partial charge in [-0.25, -0.2) is 4.79 Å². The van der Waals surface area contributed by atoms with Crippen molar-refractivity contribution in [3.63, 3.8) is 0 Å². The molecule has 0 saturated carbocycles. The van der Waals surface area contributed by atoms with Gasteiger partial charge in [-0.3, -0.25) is 0 Å². The number of benzene rings is 1. The van der Waals surface area contributed by atoms with Crippen LogP contribution in [0.4, 0.5) is 18.0 Å². The second-order valence-corrected chi connectivity index (χ2v) is 9.61. The number of alkyl halides is 3. The maximum atomic E-state index is 13.1. The molecule has 0 spiro atoms. The van der Waals surface area contributed by atoms with Crippen LogP contribution in [0.2, 0.25) is 0 Å². The number of piperidine rings is 1. The molecule has 1 aliphatic heterocycles. The summed E-state index contributed by atoms with van der Waals surface area (Å²) in [6.07, 6.45) is 3.29. The molecule has 1 aliphatic rings. The largest absolute Gasteiger partial charge is 0.444 e. The van der Waals surface area contributed by atoms with Crippen molar-refractivity contribution in [2.75, 3.05) is 32.4 Å². The van der Waals surface area contributed by atoms with Crippen molar-refractivity contribution in [3.05, 3.63) is 35.4 Å². The normalized spacial score (nSPS) is 16.2. The fraction of sp³-hybridized carbons (Fsp3) is 0.609. The SMILES string of the molecule is CSc1ccc(/C=C/CCNCC2CCN(C(=O)OC(C)(C)C)CC2)cc1C(F)(F)F. The lowest BCUT2D eigenvalue weighted by Crippen LogP contribution is -2.43. The highest BCUT2D eigenvalue weighted by Crippen LogP contribution is 2.36. The zero-order chi connectivity index (χ0) is 23.1. The Hall–Kier alpha value is -1.67. The Balaban J connectivity index is 1.69. The van der Waals surface area contributed by atoms with E-state index in [0.29, 0.717) is 24.6 Å². The van der Waals surface area contributed by atoms with Crippen LogP contribution in [0.15, 0.2) is 29.2 Å². The summed E-state index contributed by atoms with van der Waals surface area (Å²) < 4.78 is 44.9. The van der Waals surface area contributed by atoms with E-state index in [-0.39, 0.29) is 11.0 Å². The Bertz CT molecular complexity index is 752. The number of rotatable bonds is 7. The molecule has 1 amide bonds. The van der Waals surface area contributed by atoms with E-state index < -0.39 is 17.3 Å². The molecule has 0 radical (unpaired) electrons. The van der Waals surface area contributed by atoms with E-state index in [2.05, 4.69) is 5.32 Å². The smallest absolute Gasteiger partial charge is 0.417 e. The van der Waals surface area contributed by atoms with Crippen molar-refractivity contribution >= 4 is 23.9 Å². The fourth-order valence-electron chi connectivity index (χ4n) is 3.41. The summed E-state index contributed by atoms with van der Waals surface area (Å²) in [5.41, 5.74) is -0.508. The van der Waals surface area contributed by atoms with E-state index in [1.165, 1.54) is 12.1 Å². The maximum Gasteiger partial charge on any atom is 0.417 e. The van der Waals surface area contributed by atoms with Gasteiger partial charge in [-0.05, 0) is 83.0 Å². The molecule has 2 rings (SSSR count). The fourth-order valence-corrected chi connectivity index (χ4v) is 4.01. The molecule has 0 aliphatic carbocycles. The standard InChI is InChI=1S/C23H33F3N2O2S/c1-22(2,3)30-21(29)28-13-10-18(11-14-28)16-27-12-6-5-7-17-8-9-20(31-4)19(15-17)23(24,25)26/h5,7-9,15,18,27H,6,10-14,16H2,1-4H3/b7-5+. The lowest BCUT2D eigenvalue weighted by molar-refractivity contribution is -0.139. The third kappa shape index (κ3) is 8.77. The lowest BCUT2D eigenvalue weighted by atomic mass is 9.97. The van der Waals surface area contributed by atoms with Gasteiger partial charge in [0.15, 0.2) is 0 Å². The Labute approximate surface area is 187 Å². The maximum absolute atomic E-state index is 13.1. The molecular formula is C23H33F3N2O2S.